The maximum absolute atomic E-state index is 4.34. The molecule has 1 heterocycles. The van der Waals surface area contributed by atoms with E-state index in [0.29, 0.717) is 0 Å². The van der Waals surface area contributed by atoms with Crippen LogP contribution in [-0.2, 0) is 0 Å². The van der Waals surface area contributed by atoms with Crippen molar-refractivity contribution >= 4 is 11.6 Å². The Hall–Kier alpha value is -2.55. The van der Waals surface area contributed by atoms with Crippen LogP contribution in [-0.4, -0.2) is 9.55 Å². The van der Waals surface area contributed by atoms with E-state index >= 15 is 0 Å². The van der Waals surface area contributed by atoms with Crippen LogP contribution in [0.5, 0.6) is 0 Å². The molecule has 0 unspecified atom stereocenters. The Bertz CT molecular complexity index is 615. The zero-order valence-electron chi connectivity index (χ0n) is 9.82. The lowest BCUT2D eigenvalue weighted by Crippen LogP contribution is -2.00. The Kier molecular flexibility index (Phi) is 2.80. The highest BCUT2D eigenvalue weighted by Gasteiger charge is 2.04. The summed E-state index contributed by atoms with van der Waals surface area (Å²) in [4.78, 5) is 4.34. The molecule has 1 N–H and O–H groups in total. The second-order valence-corrected chi connectivity index (χ2v) is 3.95. The standard InChI is InChI=1S/C15H13N3/c1-3-7-13(8-4-1)17-15-16-11-12-18(15)14-9-5-2-6-10-14/h1-12H,(H,16,17). The Morgan fingerprint density at radius 1 is 0.833 bits per heavy atom. The van der Waals surface area contributed by atoms with Crippen LogP contribution in [0.15, 0.2) is 73.1 Å². The van der Waals surface area contributed by atoms with Crippen molar-refractivity contribution in [1.29, 1.82) is 0 Å². The number of anilines is 2. The Labute approximate surface area is 106 Å². The van der Waals surface area contributed by atoms with Crippen molar-refractivity contribution in [2.45, 2.75) is 0 Å². The van der Waals surface area contributed by atoms with E-state index in [9.17, 15) is 0 Å². The minimum Gasteiger partial charge on any atom is -0.325 e. The molecule has 0 atom stereocenters. The van der Waals surface area contributed by atoms with Gasteiger partial charge in [-0.1, -0.05) is 36.4 Å². The number of para-hydroxylation sites is 2. The van der Waals surface area contributed by atoms with Gasteiger partial charge in [0.05, 0.1) is 0 Å². The van der Waals surface area contributed by atoms with Gasteiger partial charge in [-0.25, -0.2) is 4.98 Å². The van der Waals surface area contributed by atoms with Crippen molar-refractivity contribution in [3.63, 3.8) is 0 Å². The molecular formula is C15H13N3. The first kappa shape index (κ1) is 10.6. The summed E-state index contributed by atoms with van der Waals surface area (Å²) in [5, 5.41) is 3.30. The molecule has 0 amide bonds. The van der Waals surface area contributed by atoms with Crippen LogP contribution in [0.25, 0.3) is 5.69 Å². The summed E-state index contributed by atoms with van der Waals surface area (Å²) in [6.07, 6.45) is 3.74. The lowest BCUT2D eigenvalue weighted by molar-refractivity contribution is 1.06. The lowest BCUT2D eigenvalue weighted by Gasteiger charge is -2.09. The molecule has 1 aromatic heterocycles. The molecule has 0 saturated heterocycles. The van der Waals surface area contributed by atoms with Crippen molar-refractivity contribution in [2.75, 3.05) is 5.32 Å². The molecule has 3 aromatic rings. The largest absolute Gasteiger partial charge is 0.325 e. The predicted octanol–water partition coefficient (Wildman–Crippen LogP) is 3.62. The van der Waals surface area contributed by atoms with Crippen LogP contribution in [0.4, 0.5) is 11.6 Å². The summed E-state index contributed by atoms with van der Waals surface area (Å²) >= 11 is 0. The van der Waals surface area contributed by atoms with Gasteiger partial charge in [0, 0.05) is 23.8 Å². The molecule has 0 aliphatic heterocycles. The molecule has 3 rings (SSSR count). The molecule has 88 valence electrons. The second-order valence-electron chi connectivity index (χ2n) is 3.95. The van der Waals surface area contributed by atoms with Crippen LogP contribution >= 0.6 is 0 Å². The molecule has 18 heavy (non-hydrogen) atoms. The number of nitrogens with zero attached hydrogens (tertiary/aromatic N) is 2. The summed E-state index contributed by atoms with van der Waals surface area (Å²) in [5.41, 5.74) is 2.12. The summed E-state index contributed by atoms with van der Waals surface area (Å²) < 4.78 is 2.02. The molecule has 0 radical (unpaired) electrons. The van der Waals surface area contributed by atoms with Gasteiger partial charge >= 0.3 is 0 Å². The maximum Gasteiger partial charge on any atom is 0.211 e. The van der Waals surface area contributed by atoms with Gasteiger partial charge in [0.1, 0.15) is 0 Å². The smallest absolute Gasteiger partial charge is 0.211 e. The van der Waals surface area contributed by atoms with E-state index < -0.39 is 0 Å². The molecule has 2 aromatic carbocycles. The van der Waals surface area contributed by atoms with Crippen LogP contribution in [0.1, 0.15) is 0 Å². The van der Waals surface area contributed by atoms with E-state index in [4.69, 9.17) is 0 Å². The fraction of sp³-hybridized carbons (Fsp3) is 0. The molecule has 0 bridgehead atoms. The number of hydrogen-bond donors (Lipinski definition) is 1. The van der Waals surface area contributed by atoms with Gasteiger partial charge in [0.25, 0.3) is 0 Å². The fourth-order valence-electron chi connectivity index (χ4n) is 1.84. The van der Waals surface area contributed by atoms with Crippen LogP contribution in [0, 0.1) is 0 Å². The Morgan fingerprint density at radius 2 is 1.50 bits per heavy atom. The zero-order valence-corrected chi connectivity index (χ0v) is 9.82. The Morgan fingerprint density at radius 3 is 2.22 bits per heavy atom. The second kappa shape index (κ2) is 4.75. The number of aromatic nitrogens is 2. The molecule has 0 saturated carbocycles. The van der Waals surface area contributed by atoms with Gasteiger partial charge < -0.3 is 5.32 Å². The predicted molar refractivity (Wildman–Crippen MR) is 73.3 cm³/mol. The maximum atomic E-state index is 4.34. The third-order valence-corrected chi connectivity index (χ3v) is 2.71. The van der Waals surface area contributed by atoms with E-state index in [-0.39, 0.29) is 0 Å². The molecule has 3 heteroatoms. The summed E-state index contributed by atoms with van der Waals surface area (Å²) in [5.74, 6) is 0.812. The third kappa shape index (κ3) is 2.11. The van der Waals surface area contributed by atoms with Crippen LogP contribution in [0.3, 0.4) is 0 Å². The number of hydrogen-bond acceptors (Lipinski definition) is 2. The van der Waals surface area contributed by atoms with E-state index in [1.807, 2.05) is 59.3 Å². The summed E-state index contributed by atoms with van der Waals surface area (Å²) in [6.45, 7) is 0. The molecule has 0 fully saturated rings. The van der Waals surface area contributed by atoms with E-state index in [0.717, 1.165) is 17.3 Å². The minimum absolute atomic E-state index is 0.812. The monoisotopic (exact) mass is 235 g/mol. The summed E-state index contributed by atoms with van der Waals surface area (Å²) in [7, 11) is 0. The molecule has 0 aliphatic rings. The van der Waals surface area contributed by atoms with Crippen LogP contribution < -0.4 is 5.32 Å². The molecule has 0 aliphatic carbocycles. The van der Waals surface area contributed by atoms with E-state index in [1.54, 1.807) is 6.20 Å². The number of nitrogens with one attached hydrogen (secondary N) is 1. The van der Waals surface area contributed by atoms with E-state index in [2.05, 4.69) is 22.4 Å². The highest BCUT2D eigenvalue weighted by Crippen LogP contribution is 2.18. The van der Waals surface area contributed by atoms with Crippen LogP contribution in [0.2, 0.25) is 0 Å². The zero-order chi connectivity index (χ0) is 12.2. The number of rotatable bonds is 3. The normalized spacial score (nSPS) is 10.2. The third-order valence-electron chi connectivity index (χ3n) is 2.71. The highest BCUT2D eigenvalue weighted by atomic mass is 15.2. The molecule has 3 nitrogen and oxygen atoms in total. The first-order valence-electron chi connectivity index (χ1n) is 5.84. The first-order valence-corrected chi connectivity index (χ1v) is 5.84. The minimum atomic E-state index is 0.812. The number of imidazole rings is 1. The SMILES string of the molecule is c1ccc(Nc2nccn2-c2ccccc2)cc1. The summed E-state index contributed by atoms with van der Waals surface area (Å²) in [6, 6.07) is 20.2. The molecule has 0 spiro atoms. The van der Waals surface area contributed by atoms with Crippen molar-refractivity contribution < 1.29 is 0 Å². The van der Waals surface area contributed by atoms with Crippen molar-refractivity contribution in [1.82, 2.24) is 9.55 Å². The van der Waals surface area contributed by atoms with Gasteiger partial charge in [-0.3, -0.25) is 4.57 Å². The fourth-order valence-corrected chi connectivity index (χ4v) is 1.84. The van der Waals surface area contributed by atoms with Gasteiger partial charge in [0.2, 0.25) is 5.95 Å². The Balaban J connectivity index is 1.93. The highest BCUT2D eigenvalue weighted by molar-refractivity contribution is 5.55. The van der Waals surface area contributed by atoms with Crippen molar-refractivity contribution in [3.05, 3.63) is 73.1 Å². The van der Waals surface area contributed by atoms with Gasteiger partial charge in [-0.15, -0.1) is 0 Å². The van der Waals surface area contributed by atoms with Crippen molar-refractivity contribution in [2.24, 2.45) is 0 Å². The average molecular weight is 235 g/mol. The average Bonchev–Trinajstić information content (AvgIpc) is 2.89. The van der Waals surface area contributed by atoms with Gasteiger partial charge in [-0.05, 0) is 24.3 Å². The first-order chi connectivity index (χ1) is 8.93. The molecular weight excluding hydrogens is 222 g/mol. The quantitative estimate of drug-likeness (QED) is 0.751. The number of benzene rings is 2. The van der Waals surface area contributed by atoms with Gasteiger partial charge in [0.15, 0.2) is 0 Å². The topological polar surface area (TPSA) is 29.9 Å². The van der Waals surface area contributed by atoms with Crippen molar-refractivity contribution in [3.8, 4) is 5.69 Å². The van der Waals surface area contributed by atoms with E-state index in [1.165, 1.54) is 0 Å². The van der Waals surface area contributed by atoms with Gasteiger partial charge in [-0.2, -0.15) is 0 Å². The lowest BCUT2D eigenvalue weighted by atomic mass is 10.3.